The van der Waals surface area contributed by atoms with Crippen LogP contribution in [0.1, 0.15) is 31.9 Å². The number of methoxy groups -OCH3 is 1. The maximum Gasteiger partial charge on any atom is 0.410 e. The van der Waals surface area contributed by atoms with Gasteiger partial charge in [0.2, 0.25) is 0 Å². The molecule has 0 aliphatic carbocycles. The van der Waals surface area contributed by atoms with E-state index in [1.807, 2.05) is 32.9 Å². The fourth-order valence-corrected chi connectivity index (χ4v) is 4.13. The lowest BCUT2D eigenvalue weighted by molar-refractivity contribution is 0.0280. The second-order valence-corrected chi connectivity index (χ2v) is 10.1. The molecule has 3 aromatic rings. The summed E-state index contributed by atoms with van der Waals surface area (Å²) in [5.41, 5.74) is 1.83. The van der Waals surface area contributed by atoms with Crippen LogP contribution in [0.3, 0.4) is 0 Å². The van der Waals surface area contributed by atoms with Crippen molar-refractivity contribution in [3.63, 3.8) is 0 Å². The Bertz CT molecular complexity index is 1090. The third kappa shape index (κ3) is 7.21. The number of likely N-dealkylation sites (N-methyl/N-ethyl adjacent to an activating group) is 1. The molecule has 33 heavy (non-hydrogen) atoms. The van der Waals surface area contributed by atoms with E-state index in [0.717, 1.165) is 22.3 Å². The van der Waals surface area contributed by atoms with Gasteiger partial charge in [0.15, 0.2) is 0 Å². The smallest absolute Gasteiger partial charge is 0.410 e. The van der Waals surface area contributed by atoms with E-state index in [9.17, 15) is 4.79 Å². The summed E-state index contributed by atoms with van der Waals surface area (Å²) < 4.78 is 12.1. The number of ether oxygens (including phenoxy) is 2. The number of carbonyl (C=O) groups is 1. The first kappa shape index (κ1) is 25.1. The first-order chi connectivity index (χ1) is 15.7. The molecule has 1 amide bonds. The molecule has 6 heteroatoms. The summed E-state index contributed by atoms with van der Waals surface area (Å²) in [6.45, 7) is 8.32. The Labute approximate surface area is 205 Å². The Morgan fingerprint density at radius 3 is 2.36 bits per heavy atom. The van der Waals surface area contributed by atoms with E-state index in [0.29, 0.717) is 19.6 Å². The fourth-order valence-electron chi connectivity index (χ4n) is 3.72. The van der Waals surface area contributed by atoms with Crippen LogP contribution < -0.4 is 4.74 Å². The molecule has 0 atom stereocenters. The Morgan fingerprint density at radius 2 is 1.64 bits per heavy atom. The highest BCUT2D eigenvalue weighted by molar-refractivity contribution is 9.10. The molecule has 0 aliphatic rings. The number of benzene rings is 3. The second kappa shape index (κ2) is 11.0. The summed E-state index contributed by atoms with van der Waals surface area (Å²) in [6.07, 6.45) is -0.312. The Balaban J connectivity index is 1.83. The number of rotatable bonds is 8. The number of hydrogen-bond donors (Lipinski definition) is 0. The Kier molecular flexibility index (Phi) is 8.38. The summed E-state index contributed by atoms with van der Waals surface area (Å²) >= 11 is 3.58. The summed E-state index contributed by atoms with van der Waals surface area (Å²) in [6, 6.07) is 20.9. The minimum absolute atomic E-state index is 0.312. The van der Waals surface area contributed by atoms with Crippen LogP contribution in [0.5, 0.6) is 5.75 Å². The van der Waals surface area contributed by atoms with Crippen molar-refractivity contribution in [3.05, 3.63) is 76.3 Å². The number of carbonyl (C=O) groups excluding carboxylic acids is 1. The predicted octanol–water partition coefficient (Wildman–Crippen LogP) is 6.48. The molecule has 0 fully saturated rings. The van der Waals surface area contributed by atoms with Gasteiger partial charge < -0.3 is 14.4 Å². The summed E-state index contributed by atoms with van der Waals surface area (Å²) in [5.74, 6) is 0.849. The van der Waals surface area contributed by atoms with Gasteiger partial charge in [-0.05, 0) is 55.3 Å². The lowest BCUT2D eigenvalue weighted by Crippen LogP contribution is -2.39. The molecule has 0 spiro atoms. The molecular weight excluding hydrogens is 480 g/mol. The van der Waals surface area contributed by atoms with Gasteiger partial charge in [0.25, 0.3) is 0 Å². The molecule has 176 valence electrons. The molecule has 0 saturated carbocycles. The SMILES string of the molecule is COc1ccc(Br)cc1CN(CCN(C)C(=O)OC(C)(C)C)Cc1cccc2ccccc12. The zero-order chi connectivity index (χ0) is 24.0. The third-order valence-corrected chi connectivity index (χ3v) is 5.86. The van der Waals surface area contributed by atoms with Crippen LogP contribution in [0.25, 0.3) is 10.8 Å². The van der Waals surface area contributed by atoms with Gasteiger partial charge in [-0.2, -0.15) is 0 Å². The number of nitrogens with zero attached hydrogens (tertiary/aromatic N) is 2. The van der Waals surface area contributed by atoms with Crippen molar-refractivity contribution in [2.45, 2.75) is 39.5 Å². The third-order valence-electron chi connectivity index (χ3n) is 5.37. The molecule has 0 aliphatic heterocycles. The number of hydrogen-bond acceptors (Lipinski definition) is 4. The van der Waals surface area contributed by atoms with Crippen LogP contribution in [-0.4, -0.2) is 48.7 Å². The summed E-state index contributed by atoms with van der Waals surface area (Å²) in [4.78, 5) is 16.4. The van der Waals surface area contributed by atoms with E-state index >= 15 is 0 Å². The number of halogens is 1. The maximum absolute atomic E-state index is 12.5. The van der Waals surface area contributed by atoms with Gasteiger partial charge in [0, 0.05) is 43.3 Å². The van der Waals surface area contributed by atoms with Crippen molar-refractivity contribution >= 4 is 32.8 Å². The van der Waals surface area contributed by atoms with Gasteiger partial charge in [-0.1, -0.05) is 58.4 Å². The van der Waals surface area contributed by atoms with Crippen LogP contribution in [0, 0.1) is 0 Å². The standard InChI is InChI=1S/C27H33BrN2O3/c1-27(2,3)33-26(31)29(4)15-16-30(19-22-17-23(28)13-14-25(22)32-5)18-21-11-8-10-20-9-6-7-12-24(20)21/h6-14,17H,15-16,18-19H2,1-5H3. The molecule has 3 rings (SSSR count). The van der Waals surface area contributed by atoms with Crippen molar-refractivity contribution in [1.29, 1.82) is 0 Å². The lowest BCUT2D eigenvalue weighted by Gasteiger charge is -2.28. The average molecular weight is 513 g/mol. The van der Waals surface area contributed by atoms with Gasteiger partial charge in [-0.25, -0.2) is 4.79 Å². The predicted molar refractivity (Wildman–Crippen MR) is 138 cm³/mol. The zero-order valence-electron chi connectivity index (χ0n) is 20.1. The van der Waals surface area contributed by atoms with Crippen molar-refractivity contribution in [1.82, 2.24) is 9.80 Å². The molecule has 0 saturated heterocycles. The van der Waals surface area contributed by atoms with E-state index in [2.05, 4.69) is 69.4 Å². The van der Waals surface area contributed by atoms with E-state index in [1.54, 1.807) is 19.1 Å². The average Bonchev–Trinajstić information content (AvgIpc) is 2.76. The van der Waals surface area contributed by atoms with Crippen LogP contribution in [0.2, 0.25) is 0 Å². The number of fused-ring (bicyclic) bond motifs is 1. The van der Waals surface area contributed by atoms with Crippen LogP contribution in [-0.2, 0) is 17.8 Å². The molecule has 5 nitrogen and oxygen atoms in total. The molecule has 0 unspecified atom stereocenters. The van der Waals surface area contributed by atoms with E-state index < -0.39 is 5.60 Å². The Hall–Kier alpha value is -2.57. The van der Waals surface area contributed by atoms with Gasteiger partial charge in [-0.3, -0.25) is 4.90 Å². The van der Waals surface area contributed by atoms with Crippen molar-refractivity contribution in [2.75, 3.05) is 27.2 Å². The van der Waals surface area contributed by atoms with E-state index in [-0.39, 0.29) is 6.09 Å². The van der Waals surface area contributed by atoms with E-state index in [1.165, 1.54) is 16.3 Å². The topological polar surface area (TPSA) is 42.0 Å². The molecule has 0 heterocycles. The highest BCUT2D eigenvalue weighted by atomic mass is 79.9. The van der Waals surface area contributed by atoms with Crippen LogP contribution >= 0.6 is 15.9 Å². The van der Waals surface area contributed by atoms with Crippen LogP contribution in [0.4, 0.5) is 4.79 Å². The monoisotopic (exact) mass is 512 g/mol. The molecule has 0 N–H and O–H groups in total. The number of amides is 1. The second-order valence-electron chi connectivity index (χ2n) is 9.21. The molecule has 0 aromatic heterocycles. The lowest BCUT2D eigenvalue weighted by atomic mass is 10.0. The molecule has 3 aromatic carbocycles. The minimum atomic E-state index is -0.516. The molecule has 0 bridgehead atoms. The van der Waals surface area contributed by atoms with Crippen molar-refractivity contribution in [3.8, 4) is 5.75 Å². The molecular formula is C27H33BrN2O3. The van der Waals surface area contributed by atoms with Gasteiger partial charge in [0.05, 0.1) is 7.11 Å². The van der Waals surface area contributed by atoms with Gasteiger partial charge in [0.1, 0.15) is 11.4 Å². The summed E-state index contributed by atoms with van der Waals surface area (Å²) in [5, 5.41) is 2.47. The van der Waals surface area contributed by atoms with E-state index in [4.69, 9.17) is 9.47 Å². The fraction of sp³-hybridized carbons (Fsp3) is 0.370. The highest BCUT2D eigenvalue weighted by Crippen LogP contribution is 2.26. The quantitative estimate of drug-likeness (QED) is 0.346. The van der Waals surface area contributed by atoms with Crippen LogP contribution in [0.15, 0.2) is 65.1 Å². The largest absolute Gasteiger partial charge is 0.496 e. The Morgan fingerprint density at radius 1 is 0.939 bits per heavy atom. The molecule has 0 radical (unpaired) electrons. The van der Waals surface area contributed by atoms with Crippen molar-refractivity contribution in [2.24, 2.45) is 0 Å². The minimum Gasteiger partial charge on any atom is -0.496 e. The first-order valence-electron chi connectivity index (χ1n) is 11.1. The highest BCUT2D eigenvalue weighted by Gasteiger charge is 2.20. The van der Waals surface area contributed by atoms with Gasteiger partial charge >= 0.3 is 6.09 Å². The summed E-state index contributed by atoms with van der Waals surface area (Å²) in [7, 11) is 3.47. The first-order valence-corrected chi connectivity index (χ1v) is 11.9. The van der Waals surface area contributed by atoms with Gasteiger partial charge in [-0.15, -0.1) is 0 Å². The normalized spacial score (nSPS) is 11.6. The zero-order valence-corrected chi connectivity index (χ0v) is 21.7. The maximum atomic E-state index is 12.5. The van der Waals surface area contributed by atoms with Crippen molar-refractivity contribution < 1.29 is 14.3 Å².